The zero-order chi connectivity index (χ0) is 13.6. The van der Waals surface area contributed by atoms with Gasteiger partial charge in [-0.25, -0.2) is 9.36 Å². The molecule has 19 heavy (non-hydrogen) atoms. The maximum absolute atomic E-state index is 12.5. The monoisotopic (exact) mass is 253 g/mol. The average molecular weight is 253 g/mol. The summed E-state index contributed by atoms with van der Waals surface area (Å²) in [5.74, 6) is 0. The molecule has 2 aromatic rings. The van der Waals surface area contributed by atoms with E-state index in [0.717, 1.165) is 4.57 Å². The second-order valence-corrected chi connectivity index (χ2v) is 4.43. The summed E-state index contributed by atoms with van der Waals surface area (Å²) >= 11 is 0. The van der Waals surface area contributed by atoms with Gasteiger partial charge < -0.3 is 5.11 Å². The normalized spacial score (nSPS) is 13.6. The highest BCUT2D eigenvalue weighted by molar-refractivity contribution is 5.94. The van der Waals surface area contributed by atoms with Crippen LogP contribution in [0.25, 0.3) is 22.6 Å². The van der Waals surface area contributed by atoms with E-state index in [0.29, 0.717) is 34.2 Å². The van der Waals surface area contributed by atoms with E-state index in [1.807, 2.05) is 6.08 Å². The van der Waals surface area contributed by atoms with Gasteiger partial charge in [-0.1, -0.05) is 24.8 Å². The Kier molecular flexibility index (Phi) is 2.38. The van der Waals surface area contributed by atoms with Crippen LogP contribution in [-0.2, 0) is 0 Å². The maximum atomic E-state index is 12.5. The number of benzene rings is 1. The molecule has 4 heteroatoms. The number of hydrogen-bond acceptors (Lipinski definition) is 2. The van der Waals surface area contributed by atoms with Gasteiger partial charge >= 0.3 is 6.09 Å². The molecule has 0 fully saturated rings. The number of fused-ring (bicyclic) bond motifs is 2. The van der Waals surface area contributed by atoms with Gasteiger partial charge in [-0.2, -0.15) is 0 Å². The molecule has 1 aliphatic carbocycles. The topological polar surface area (TPSA) is 59.3 Å². The molecule has 4 nitrogen and oxygen atoms in total. The molecule has 0 aliphatic heterocycles. The van der Waals surface area contributed by atoms with E-state index in [4.69, 9.17) is 0 Å². The van der Waals surface area contributed by atoms with Gasteiger partial charge in [-0.05, 0) is 30.2 Å². The lowest BCUT2D eigenvalue weighted by atomic mass is 9.94. The molecule has 3 rings (SSSR count). The Balaban J connectivity index is 2.62. The van der Waals surface area contributed by atoms with Crippen molar-refractivity contribution in [1.82, 2.24) is 4.57 Å². The third-order valence-corrected chi connectivity index (χ3v) is 3.30. The lowest BCUT2D eigenvalue weighted by Gasteiger charge is -2.18. The highest BCUT2D eigenvalue weighted by Crippen LogP contribution is 2.27. The first-order chi connectivity index (χ1) is 9.11. The SMILES string of the molecule is C=C1CC=Cc2c1c(=O)c1ccccc1n2C(=O)O. The van der Waals surface area contributed by atoms with Crippen LogP contribution in [0, 0.1) is 0 Å². The van der Waals surface area contributed by atoms with Gasteiger partial charge in [-0.15, -0.1) is 0 Å². The molecule has 0 atom stereocenters. The summed E-state index contributed by atoms with van der Waals surface area (Å²) in [5, 5.41) is 9.82. The standard InChI is InChI=1S/C15H11NO3/c1-9-5-4-8-12-13(9)14(17)10-6-2-3-7-11(10)16(12)15(18)19/h2-4,6-8H,1,5H2,(H,18,19). The summed E-state index contributed by atoms with van der Waals surface area (Å²) in [6.07, 6.45) is 2.96. The number of allylic oxidation sites excluding steroid dienone is 2. The van der Waals surface area contributed by atoms with E-state index in [-0.39, 0.29) is 5.43 Å². The molecule has 1 heterocycles. The van der Waals surface area contributed by atoms with E-state index in [2.05, 4.69) is 6.58 Å². The smallest absolute Gasteiger partial charge is 0.416 e. The Morgan fingerprint density at radius 1 is 1.32 bits per heavy atom. The van der Waals surface area contributed by atoms with E-state index < -0.39 is 6.09 Å². The van der Waals surface area contributed by atoms with Crippen molar-refractivity contribution in [3.05, 3.63) is 58.4 Å². The van der Waals surface area contributed by atoms with Gasteiger partial charge in [0.05, 0.1) is 11.2 Å². The Morgan fingerprint density at radius 3 is 2.79 bits per heavy atom. The Morgan fingerprint density at radius 2 is 2.05 bits per heavy atom. The number of para-hydroxylation sites is 1. The van der Waals surface area contributed by atoms with Gasteiger partial charge in [0, 0.05) is 10.9 Å². The van der Waals surface area contributed by atoms with Crippen LogP contribution in [0.15, 0.2) is 41.7 Å². The van der Waals surface area contributed by atoms with Crippen molar-refractivity contribution >= 4 is 28.6 Å². The number of hydrogen-bond donors (Lipinski definition) is 1. The summed E-state index contributed by atoms with van der Waals surface area (Å²) < 4.78 is 1.15. The van der Waals surface area contributed by atoms with Crippen LogP contribution < -0.4 is 5.43 Å². The Bertz CT molecular complexity index is 812. The molecule has 1 aromatic heterocycles. The second kappa shape index (κ2) is 3.95. The summed E-state index contributed by atoms with van der Waals surface area (Å²) in [4.78, 5) is 24.0. The summed E-state index contributed by atoms with van der Waals surface area (Å²) in [6, 6.07) is 6.72. The number of pyridine rings is 1. The molecule has 94 valence electrons. The van der Waals surface area contributed by atoms with Crippen LogP contribution in [0.5, 0.6) is 0 Å². The first-order valence-corrected chi connectivity index (χ1v) is 5.87. The molecule has 1 N–H and O–H groups in total. The summed E-state index contributed by atoms with van der Waals surface area (Å²) in [7, 11) is 0. The Hall–Kier alpha value is -2.62. The minimum atomic E-state index is -1.10. The Labute approximate surface area is 108 Å². The molecule has 0 spiro atoms. The fourth-order valence-corrected chi connectivity index (χ4v) is 2.47. The van der Waals surface area contributed by atoms with Crippen molar-refractivity contribution < 1.29 is 9.90 Å². The molecule has 0 unspecified atom stereocenters. The number of nitrogens with zero attached hydrogens (tertiary/aromatic N) is 1. The van der Waals surface area contributed by atoms with Gasteiger partial charge in [0.2, 0.25) is 0 Å². The fraction of sp³-hybridized carbons (Fsp3) is 0.0667. The van der Waals surface area contributed by atoms with Crippen LogP contribution in [-0.4, -0.2) is 15.8 Å². The van der Waals surface area contributed by atoms with Crippen molar-refractivity contribution in [3.63, 3.8) is 0 Å². The molecule has 1 aliphatic rings. The molecule has 0 saturated heterocycles. The maximum Gasteiger partial charge on any atom is 0.416 e. The zero-order valence-electron chi connectivity index (χ0n) is 10.1. The molecular weight excluding hydrogens is 242 g/mol. The quantitative estimate of drug-likeness (QED) is 0.785. The van der Waals surface area contributed by atoms with Crippen molar-refractivity contribution in [2.24, 2.45) is 0 Å². The van der Waals surface area contributed by atoms with Gasteiger partial charge in [0.1, 0.15) is 0 Å². The summed E-state index contributed by atoms with van der Waals surface area (Å²) in [6.45, 7) is 3.87. The molecule has 1 aromatic carbocycles. The molecule has 0 bridgehead atoms. The predicted octanol–water partition coefficient (Wildman–Crippen LogP) is 2.96. The summed E-state index contributed by atoms with van der Waals surface area (Å²) in [5.41, 5.74) is 1.70. The van der Waals surface area contributed by atoms with E-state index in [1.165, 1.54) is 0 Å². The van der Waals surface area contributed by atoms with E-state index >= 15 is 0 Å². The van der Waals surface area contributed by atoms with Gasteiger partial charge in [0.25, 0.3) is 0 Å². The third kappa shape index (κ3) is 1.53. The highest BCUT2D eigenvalue weighted by Gasteiger charge is 2.21. The number of carbonyl (C=O) groups is 1. The number of aromatic nitrogens is 1. The lowest BCUT2D eigenvalue weighted by Crippen LogP contribution is -2.23. The van der Waals surface area contributed by atoms with Gasteiger partial charge in [-0.3, -0.25) is 4.79 Å². The molecular formula is C15H11NO3. The lowest BCUT2D eigenvalue weighted by molar-refractivity contribution is 0.197. The van der Waals surface area contributed by atoms with Crippen molar-refractivity contribution in [2.45, 2.75) is 6.42 Å². The molecule has 0 amide bonds. The van der Waals surface area contributed by atoms with Crippen molar-refractivity contribution in [3.8, 4) is 0 Å². The van der Waals surface area contributed by atoms with Crippen LogP contribution in [0.1, 0.15) is 17.7 Å². The number of rotatable bonds is 0. The molecule has 0 radical (unpaired) electrons. The third-order valence-electron chi connectivity index (χ3n) is 3.30. The highest BCUT2D eigenvalue weighted by atomic mass is 16.4. The second-order valence-electron chi connectivity index (χ2n) is 4.43. The first kappa shape index (κ1) is 11.5. The van der Waals surface area contributed by atoms with Crippen LogP contribution in [0.2, 0.25) is 0 Å². The van der Waals surface area contributed by atoms with Crippen molar-refractivity contribution in [2.75, 3.05) is 0 Å². The predicted molar refractivity (Wildman–Crippen MR) is 74.3 cm³/mol. The minimum absolute atomic E-state index is 0.155. The first-order valence-electron chi connectivity index (χ1n) is 5.87. The molecule has 0 saturated carbocycles. The van der Waals surface area contributed by atoms with Crippen LogP contribution in [0.4, 0.5) is 4.79 Å². The van der Waals surface area contributed by atoms with Crippen LogP contribution >= 0.6 is 0 Å². The number of carboxylic acid groups (broad SMARTS) is 1. The minimum Gasteiger partial charge on any atom is -0.464 e. The average Bonchev–Trinajstić information content (AvgIpc) is 2.38. The van der Waals surface area contributed by atoms with E-state index in [9.17, 15) is 14.7 Å². The van der Waals surface area contributed by atoms with Crippen LogP contribution in [0.3, 0.4) is 0 Å². The fourth-order valence-electron chi connectivity index (χ4n) is 2.47. The van der Waals surface area contributed by atoms with Gasteiger partial charge in [0.15, 0.2) is 5.43 Å². The van der Waals surface area contributed by atoms with E-state index in [1.54, 1.807) is 30.3 Å². The largest absolute Gasteiger partial charge is 0.464 e. The zero-order valence-corrected chi connectivity index (χ0v) is 10.1. The van der Waals surface area contributed by atoms with Crippen molar-refractivity contribution in [1.29, 1.82) is 0 Å².